The Bertz CT molecular complexity index is 782. The minimum absolute atomic E-state index is 0.239. The molecule has 4 heterocycles. The molecule has 10 nitrogen and oxygen atoms in total. The number of carbonyl (C=O) groups is 1. The predicted octanol–water partition coefficient (Wildman–Crippen LogP) is -0.981. The highest BCUT2D eigenvalue weighted by molar-refractivity contribution is 6.08. The summed E-state index contributed by atoms with van der Waals surface area (Å²) in [5, 5.41) is 29.2. The molecule has 4 atom stereocenters. The lowest BCUT2D eigenvalue weighted by Gasteiger charge is -2.37. The fraction of sp³-hybridized carbons (Fsp3) is 0.467. The summed E-state index contributed by atoms with van der Waals surface area (Å²) in [7, 11) is 0. The first-order chi connectivity index (χ1) is 12.0. The number of nitrogens with zero attached hydrogens (tertiary/aromatic N) is 5. The van der Waals surface area contributed by atoms with Gasteiger partial charge in [0.15, 0.2) is 12.0 Å². The van der Waals surface area contributed by atoms with Crippen molar-refractivity contribution in [2.75, 3.05) is 6.61 Å². The molecule has 1 aromatic rings. The van der Waals surface area contributed by atoms with Crippen molar-refractivity contribution in [2.45, 2.75) is 38.0 Å². The van der Waals surface area contributed by atoms with Crippen LogP contribution in [0.1, 0.15) is 11.4 Å². The van der Waals surface area contributed by atoms with Crippen LogP contribution in [0.15, 0.2) is 23.5 Å². The zero-order valence-electron chi connectivity index (χ0n) is 13.3. The molecule has 1 unspecified atom stereocenters. The van der Waals surface area contributed by atoms with E-state index in [-0.39, 0.29) is 6.54 Å². The van der Waals surface area contributed by atoms with Crippen molar-refractivity contribution in [1.29, 1.82) is 0 Å². The minimum Gasteiger partial charge on any atom is -0.394 e. The largest absolute Gasteiger partial charge is 0.394 e. The van der Waals surface area contributed by atoms with Gasteiger partial charge in [-0.3, -0.25) is 9.80 Å². The van der Waals surface area contributed by atoms with Crippen LogP contribution >= 0.6 is 0 Å². The molecule has 3 aliphatic heterocycles. The van der Waals surface area contributed by atoms with Crippen LogP contribution in [0.25, 0.3) is 0 Å². The number of aliphatic hydroxyl groups is 3. The number of aliphatic hydroxyl groups excluding tert-OH is 3. The van der Waals surface area contributed by atoms with Crippen molar-refractivity contribution in [3.05, 3.63) is 29.9 Å². The molecule has 0 aliphatic carbocycles. The Morgan fingerprint density at radius 1 is 1.36 bits per heavy atom. The summed E-state index contributed by atoms with van der Waals surface area (Å²) < 4.78 is 5.42. The zero-order valence-corrected chi connectivity index (χ0v) is 13.3. The first kappa shape index (κ1) is 16.1. The third kappa shape index (κ3) is 2.50. The van der Waals surface area contributed by atoms with Crippen molar-refractivity contribution in [2.24, 2.45) is 4.99 Å². The van der Waals surface area contributed by atoms with Gasteiger partial charge in [0, 0.05) is 18.0 Å². The molecule has 0 aromatic carbocycles. The number of aromatic nitrogens is 2. The lowest BCUT2D eigenvalue weighted by atomic mass is 10.1. The molecule has 0 spiro atoms. The fourth-order valence-electron chi connectivity index (χ4n) is 3.06. The highest BCUT2D eigenvalue weighted by Crippen LogP contribution is 2.30. The molecule has 1 saturated heterocycles. The summed E-state index contributed by atoms with van der Waals surface area (Å²) in [4.78, 5) is 28.2. The SMILES string of the molecule is Cc1ncc2c(n1)N=C1C=CN(C3O[C@H](CO)[C@@H](O)[C@H]3O)C(=O)N1C2. The average molecular weight is 347 g/mol. The molecule has 3 N–H and O–H groups in total. The minimum atomic E-state index is -1.33. The smallest absolute Gasteiger partial charge is 0.332 e. The molecule has 4 rings (SSSR count). The van der Waals surface area contributed by atoms with Gasteiger partial charge in [0.05, 0.1) is 13.2 Å². The summed E-state index contributed by atoms with van der Waals surface area (Å²) in [6, 6.07) is -0.456. The van der Waals surface area contributed by atoms with E-state index < -0.39 is 37.2 Å². The first-order valence-electron chi connectivity index (χ1n) is 7.81. The van der Waals surface area contributed by atoms with Gasteiger partial charge in [0.1, 0.15) is 30.0 Å². The number of amidine groups is 1. The Labute approximate surface area is 142 Å². The van der Waals surface area contributed by atoms with E-state index >= 15 is 0 Å². The highest BCUT2D eigenvalue weighted by atomic mass is 16.6. The van der Waals surface area contributed by atoms with Crippen molar-refractivity contribution < 1.29 is 24.9 Å². The molecule has 2 amide bonds. The van der Waals surface area contributed by atoms with Gasteiger partial charge in [-0.15, -0.1) is 0 Å². The van der Waals surface area contributed by atoms with E-state index in [1.54, 1.807) is 19.2 Å². The van der Waals surface area contributed by atoms with Gasteiger partial charge in [-0.25, -0.2) is 19.8 Å². The first-order valence-corrected chi connectivity index (χ1v) is 7.81. The molecule has 0 radical (unpaired) electrons. The van der Waals surface area contributed by atoms with Crippen molar-refractivity contribution in [3.63, 3.8) is 0 Å². The highest BCUT2D eigenvalue weighted by Gasteiger charge is 2.48. The maximum atomic E-state index is 12.8. The van der Waals surface area contributed by atoms with Gasteiger partial charge in [0.2, 0.25) is 0 Å². The van der Waals surface area contributed by atoms with E-state index in [1.807, 2.05) is 0 Å². The number of aryl methyl sites for hydroxylation is 1. The fourth-order valence-corrected chi connectivity index (χ4v) is 3.06. The number of ether oxygens (including phenoxy) is 1. The molecule has 10 heteroatoms. The molecular weight excluding hydrogens is 330 g/mol. The maximum Gasteiger partial charge on any atom is 0.332 e. The number of carbonyl (C=O) groups excluding carboxylic acids is 1. The number of rotatable bonds is 2. The Balaban J connectivity index is 1.63. The number of urea groups is 1. The number of hydrogen-bond donors (Lipinski definition) is 3. The third-order valence-electron chi connectivity index (χ3n) is 4.41. The van der Waals surface area contributed by atoms with E-state index in [4.69, 9.17) is 4.74 Å². The zero-order chi connectivity index (χ0) is 17.7. The molecule has 0 saturated carbocycles. The Kier molecular flexibility index (Phi) is 3.76. The molecule has 3 aliphatic rings. The van der Waals surface area contributed by atoms with Crippen LogP contribution in [-0.4, -0.2) is 78.1 Å². The summed E-state index contributed by atoms with van der Waals surface area (Å²) in [5.74, 6) is 1.55. The summed E-state index contributed by atoms with van der Waals surface area (Å²) in [6.45, 7) is 1.54. The number of amides is 2. The predicted molar refractivity (Wildman–Crippen MR) is 83.5 cm³/mol. The van der Waals surface area contributed by atoms with Gasteiger partial charge in [-0.05, 0) is 13.0 Å². The topological polar surface area (TPSA) is 132 Å². The molecule has 0 bridgehead atoms. The van der Waals surface area contributed by atoms with Crippen LogP contribution in [0.5, 0.6) is 0 Å². The maximum absolute atomic E-state index is 12.8. The van der Waals surface area contributed by atoms with E-state index in [0.717, 1.165) is 0 Å². The molecular formula is C15H17N5O5. The van der Waals surface area contributed by atoms with Crippen LogP contribution in [0.3, 0.4) is 0 Å². The molecule has 1 fully saturated rings. The summed E-state index contributed by atoms with van der Waals surface area (Å²) >= 11 is 0. The monoisotopic (exact) mass is 347 g/mol. The van der Waals surface area contributed by atoms with Crippen LogP contribution in [0.2, 0.25) is 0 Å². The summed E-state index contributed by atoms with van der Waals surface area (Å²) in [5.41, 5.74) is 0.708. The van der Waals surface area contributed by atoms with Gasteiger partial charge in [-0.2, -0.15) is 0 Å². The molecule has 25 heavy (non-hydrogen) atoms. The lowest BCUT2D eigenvalue weighted by molar-refractivity contribution is -0.0679. The Morgan fingerprint density at radius 2 is 2.16 bits per heavy atom. The van der Waals surface area contributed by atoms with E-state index in [1.165, 1.54) is 16.0 Å². The second kappa shape index (κ2) is 5.85. The van der Waals surface area contributed by atoms with Crippen molar-refractivity contribution in [1.82, 2.24) is 19.8 Å². The van der Waals surface area contributed by atoms with E-state index in [2.05, 4.69) is 15.0 Å². The lowest BCUT2D eigenvalue weighted by Crippen LogP contribution is -2.53. The summed E-state index contributed by atoms with van der Waals surface area (Å²) in [6.07, 6.45) is 0.0355. The number of hydrogen-bond acceptors (Lipinski definition) is 8. The second-order valence-corrected chi connectivity index (χ2v) is 6.06. The molecule has 132 valence electrons. The average Bonchev–Trinajstić information content (AvgIpc) is 2.89. The number of fused-ring (bicyclic) bond motifs is 2. The van der Waals surface area contributed by atoms with Crippen LogP contribution < -0.4 is 0 Å². The Hall–Kier alpha value is -2.40. The standard InChI is InChI=1S/C15H17N5O5/c1-7-16-4-8-5-20-10(18-13(8)17-7)2-3-19(15(20)24)14-12(23)11(22)9(6-21)25-14/h2-4,9,11-12,14,21-23H,5-6H2,1H3/t9-,11-,12-,14?/m1/s1. The van der Waals surface area contributed by atoms with Crippen LogP contribution in [-0.2, 0) is 11.3 Å². The number of aliphatic imine (C=N–C) groups is 1. The van der Waals surface area contributed by atoms with Gasteiger partial charge >= 0.3 is 6.03 Å². The van der Waals surface area contributed by atoms with Gasteiger partial charge in [-0.1, -0.05) is 0 Å². The van der Waals surface area contributed by atoms with E-state index in [9.17, 15) is 20.1 Å². The van der Waals surface area contributed by atoms with Crippen molar-refractivity contribution in [3.8, 4) is 0 Å². The van der Waals surface area contributed by atoms with Crippen LogP contribution in [0.4, 0.5) is 10.6 Å². The second-order valence-electron chi connectivity index (χ2n) is 6.06. The van der Waals surface area contributed by atoms with Crippen LogP contribution in [0, 0.1) is 6.92 Å². The molecule has 1 aromatic heterocycles. The van der Waals surface area contributed by atoms with Crippen molar-refractivity contribution >= 4 is 17.7 Å². The Morgan fingerprint density at radius 3 is 2.88 bits per heavy atom. The third-order valence-corrected chi connectivity index (χ3v) is 4.41. The van der Waals surface area contributed by atoms with Gasteiger partial charge < -0.3 is 20.1 Å². The van der Waals surface area contributed by atoms with Gasteiger partial charge in [0.25, 0.3) is 0 Å². The normalized spacial score (nSPS) is 31.0. The quantitative estimate of drug-likeness (QED) is 0.626. The van der Waals surface area contributed by atoms with E-state index in [0.29, 0.717) is 23.0 Å².